The molecule has 7 heteroatoms. The molecule has 2 amide bonds. The third-order valence-corrected chi connectivity index (χ3v) is 4.96. The molecule has 0 bridgehead atoms. The van der Waals surface area contributed by atoms with Crippen LogP contribution in [0, 0.1) is 0 Å². The van der Waals surface area contributed by atoms with Crippen LogP contribution >= 0.6 is 0 Å². The normalized spacial score (nSPS) is 16.3. The summed E-state index contributed by atoms with van der Waals surface area (Å²) in [6.07, 6.45) is -0.0752. The molecule has 0 aromatic heterocycles. The molecule has 1 N–H and O–H groups in total. The number of hydrogen-bond donors (Lipinski definition) is 1. The highest BCUT2D eigenvalue weighted by molar-refractivity contribution is 6.05. The van der Waals surface area contributed by atoms with E-state index in [9.17, 15) is 14.4 Å². The molecule has 0 spiro atoms. The first-order chi connectivity index (χ1) is 14.7. The minimum Gasteiger partial charge on any atom is -0.467 e. The van der Waals surface area contributed by atoms with Gasteiger partial charge < -0.3 is 14.8 Å². The average Bonchev–Trinajstić information content (AvgIpc) is 3.11. The summed E-state index contributed by atoms with van der Waals surface area (Å²) in [6.45, 7) is 5.26. The van der Waals surface area contributed by atoms with Crippen molar-refractivity contribution in [2.75, 3.05) is 12.0 Å². The maximum Gasteiger partial charge on any atom is 0.408 e. The standard InChI is InChI=1S/C24H28N2O5/c1-24(2,3)31-23(29)25-18(14-16-10-6-5-7-11-16)21(27)26-19-13-9-8-12-17(19)15-20(26)22(28)30-4/h5-13,18,20H,14-15H2,1-4H3,(H,25,29)/t18-,20-/m0/s1. The van der Waals surface area contributed by atoms with Crippen molar-refractivity contribution in [3.8, 4) is 0 Å². The number of anilines is 1. The van der Waals surface area contributed by atoms with E-state index in [-0.39, 0.29) is 6.42 Å². The molecule has 0 fully saturated rings. The number of hydrogen-bond acceptors (Lipinski definition) is 5. The zero-order chi connectivity index (χ0) is 22.6. The Hall–Kier alpha value is -3.35. The predicted octanol–water partition coefficient (Wildman–Crippen LogP) is 3.25. The molecule has 2 aromatic rings. The first-order valence-corrected chi connectivity index (χ1v) is 10.2. The van der Waals surface area contributed by atoms with E-state index in [0.29, 0.717) is 12.1 Å². The number of nitrogens with one attached hydrogen (secondary N) is 1. The fourth-order valence-electron chi connectivity index (χ4n) is 3.65. The Balaban J connectivity index is 1.93. The van der Waals surface area contributed by atoms with Crippen LogP contribution in [0.25, 0.3) is 0 Å². The Bertz CT molecular complexity index is 952. The Kier molecular flexibility index (Phi) is 6.63. The molecule has 0 saturated heterocycles. The van der Waals surface area contributed by atoms with Gasteiger partial charge in [0.25, 0.3) is 5.91 Å². The van der Waals surface area contributed by atoms with E-state index in [1.54, 1.807) is 26.8 Å². The second-order valence-electron chi connectivity index (χ2n) is 8.47. The summed E-state index contributed by atoms with van der Waals surface area (Å²) in [5.74, 6) is -0.893. The number of ether oxygens (including phenoxy) is 2. The lowest BCUT2D eigenvalue weighted by Crippen LogP contribution is -2.54. The number of esters is 1. The molecule has 31 heavy (non-hydrogen) atoms. The number of amides is 2. The lowest BCUT2D eigenvalue weighted by Gasteiger charge is -2.29. The van der Waals surface area contributed by atoms with E-state index in [4.69, 9.17) is 9.47 Å². The zero-order valence-corrected chi connectivity index (χ0v) is 18.3. The van der Waals surface area contributed by atoms with Gasteiger partial charge in [0.2, 0.25) is 0 Å². The van der Waals surface area contributed by atoms with Gasteiger partial charge in [0.15, 0.2) is 0 Å². The van der Waals surface area contributed by atoms with Crippen molar-refractivity contribution in [1.82, 2.24) is 5.32 Å². The molecule has 164 valence electrons. The van der Waals surface area contributed by atoms with Crippen LogP contribution in [0.5, 0.6) is 0 Å². The fourth-order valence-corrected chi connectivity index (χ4v) is 3.65. The number of alkyl carbamates (subject to hydrolysis) is 1. The van der Waals surface area contributed by atoms with Gasteiger partial charge in [0.1, 0.15) is 17.7 Å². The number of carbonyl (C=O) groups excluding carboxylic acids is 3. The van der Waals surface area contributed by atoms with Crippen molar-refractivity contribution in [1.29, 1.82) is 0 Å². The van der Waals surface area contributed by atoms with Crippen LogP contribution in [0.15, 0.2) is 54.6 Å². The molecule has 0 aliphatic carbocycles. The van der Waals surface area contributed by atoms with Crippen LogP contribution < -0.4 is 10.2 Å². The fraction of sp³-hybridized carbons (Fsp3) is 0.375. The molecule has 0 saturated carbocycles. The summed E-state index contributed by atoms with van der Waals surface area (Å²) in [7, 11) is 1.30. The zero-order valence-electron chi connectivity index (χ0n) is 18.3. The van der Waals surface area contributed by atoms with E-state index >= 15 is 0 Å². The molecule has 3 rings (SSSR count). The largest absolute Gasteiger partial charge is 0.467 e. The monoisotopic (exact) mass is 424 g/mol. The third-order valence-electron chi connectivity index (χ3n) is 4.96. The molecule has 1 heterocycles. The van der Waals surface area contributed by atoms with Crippen molar-refractivity contribution in [3.63, 3.8) is 0 Å². The van der Waals surface area contributed by atoms with Crippen LogP contribution in [0.2, 0.25) is 0 Å². The quantitative estimate of drug-likeness (QED) is 0.745. The minimum absolute atomic E-state index is 0.255. The van der Waals surface area contributed by atoms with Gasteiger partial charge in [-0.15, -0.1) is 0 Å². The molecular weight excluding hydrogens is 396 g/mol. The van der Waals surface area contributed by atoms with Crippen LogP contribution in [0.3, 0.4) is 0 Å². The summed E-state index contributed by atoms with van der Waals surface area (Å²) < 4.78 is 10.3. The van der Waals surface area contributed by atoms with Gasteiger partial charge in [-0.1, -0.05) is 48.5 Å². The highest BCUT2D eigenvalue weighted by Crippen LogP contribution is 2.33. The maximum absolute atomic E-state index is 13.7. The van der Waals surface area contributed by atoms with Crippen molar-refractivity contribution in [3.05, 3.63) is 65.7 Å². The van der Waals surface area contributed by atoms with Crippen LogP contribution in [0.4, 0.5) is 10.5 Å². The molecule has 1 aliphatic heterocycles. The number of fused-ring (bicyclic) bond motifs is 1. The lowest BCUT2D eigenvalue weighted by molar-refractivity contribution is -0.143. The van der Waals surface area contributed by atoms with Gasteiger partial charge in [-0.2, -0.15) is 0 Å². The number of nitrogens with zero attached hydrogens (tertiary/aromatic N) is 1. The van der Waals surface area contributed by atoms with Crippen molar-refractivity contribution >= 4 is 23.7 Å². The summed E-state index contributed by atoms with van der Waals surface area (Å²) in [6, 6.07) is 15.0. The number of para-hydroxylation sites is 1. The first kappa shape index (κ1) is 22.3. The van der Waals surface area contributed by atoms with Gasteiger partial charge in [-0.3, -0.25) is 9.69 Å². The van der Waals surface area contributed by atoms with Crippen LogP contribution in [-0.2, 0) is 31.9 Å². The molecule has 0 radical (unpaired) electrons. The maximum atomic E-state index is 13.7. The SMILES string of the molecule is COC(=O)[C@@H]1Cc2ccccc2N1C(=O)[C@H](Cc1ccccc1)NC(=O)OC(C)(C)C. The summed E-state index contributed by atoms with van der Waals surface area (Å²) in [5, 5.41) is 2.70. The van der Waals surface area contributed by atoms with E-state index in [0.717, 1.165) is 11.1 Å². The lowest BCUT2D eigenvalue weighted by atomic mass is 10.0. The van der Waals surface area contributed by atoms with Crippen molar-refractivity contribution in [2.24, 2.45) is 0 Å². The highest BCUT2D eigenvalue weighted by Gasteiger charge is 2.42. The highest BCUT2D eigenvalue weighted by atomic mass is 16.6. The third kappa shape index (κ3) is 5.42. The predicted molar refractivity (Wildman–Crippen MR) is 117 cm³/mol. The second kappa shape index (κ2) is 9.20. The summed E-state index contributed by atoms with van der Waals surface area (Å²) in [5.41, 5.74) is 1.69. The average molecular weight is 424 g/mol. The summed E-state index contributed by atoms with van der Waals surface area (Å²) in [4.78, 5) is 40.1. The first-order valence-electron chi connectivity index (χ1n) is 10.2. The Labute approximate surface area is 182 Å². The van der Waals surface area contributed by atoms with Crippen molar-refractivity contribution < 1.29 is 23.9 Å². The van der Waals surface area contributed by atoms with Gasteiger partial charge >= 0.3 is 12.1 Å². The topological polar surface area (TPSA) is 84.9 Å². The minimum atomic E-state index is -0.921. The molecule has 7 nitrogen and oxygen atoms in total. The second-order valence-corrected chi connectivity index (χ2v) is 8.47. The van der Waals surface area contributed by atoms with Crippen LogP contribution in [0.1, 0.15) is 31.9 Å². The van der Waals surface area contributed by atoms with Gasteiger partial charge in [0, 0.05) is 18.5 Å². The molecule has 2 atom stereocenters. The van der Waals surface area contributed by atoms with Crippen LogP contribution in [-0.4, -0.2) is 42.8 Å². The van der Waals surface area contributed by atoms with Crippen molar-refractivity contribution in [2.45, 2.75) is 51.3 Å². The number of benzene rings is 2. The molecule has 2 aromatic carbocycles. The Morgan fingerprint density at radius 2 is 1.71 bits per heavy atom. The Morgan fingerprint density at radius 3 is 2.35 bits per heavy atom. The number of carbonyl (C=O) groups is 3. The van der Waals surface area contributed by atoms with E-state index in [1.165, 1.54) is 12.0 Å². The van der Waals surface area contributed by atoms with Gasteiger partial charge in [0.05, 0.1) is 7.11 Å². The van der Waals surface area contributed by atoms with E-state index in [2.05, 4.69) is 5.32 Å². The van der Waals surface area contributed by atoms with E-state index < -0.39 is 35.7 Å². The molecule has 1 aliphatic rings. The Morgan fingerprint density at radius 1 is 1.06 bits per heavy atom. The smallest absolute Gasteiger partial charge is 0.408 e. The number of methoxy groups -OCH3 is 1. The van der Waals surface area contributed by atoms with E-state index in [1.807, 2.05) is 48.5 Å². The summed E-state index contributed by atoms with van der Waals surface area (Å²) >= 11 is 0. The molecular formula is C24H28N2O5. The van der Waals surface area contributed by atoms with Gasteiger partial charge in [-0.05, 0) is 38.0 Å². The van der Waals surface area contributed by atoms with Gasteiger partial charge in [-0.25, -0.2) is 9.59 Å². The number of rotatable bonds is 5. The molecule has 0 unspecified atom stereocenters.